The summed E-state index contributed by atoms with van der Waals surface area (Å²) >= 11 is 1.07. The monoisotopic (exact) mass is 450 g/mol. The van der Waals surface area contributed by atoms with E-state index in [4.69, 9.17) is 5.26 Å². The summed E-state index contributed by atoms with van der Waals surface area (Å²) in [6, 6.07) is 10.5. The van der Waals surface area contributed by atoms with Crippen LogP contribution in [0.2, 0.25) is 0 Å². The minimum atomic E-state index is -4.82. The molecule has 0 aliphatic rings. The molecule has 160 valence electrons. The number of nitriles is 1. The van der Waals surface area contributed by atoms with Crippen LogP contribution in [-0.2, 0) is 11.2 Å². The van der Waals surface area contributed by atoms with Crippen LogP contribution in [0.25, 0.3) is 10.6 Å². The number of aromatic nitrogens is 2. The third kappa shape index (κ3) is 5.99. The van der Waals surface area contributed by atoms with Crippen LogP contribution < -0.4 is 10.1 Å². The molecule has 3 aromatic rings. The van der Waals surface area contributed by atoms with Crippen molar-refractivity contribution in [3.8, 4) is 22.4 Å². The van der Waals surface area contributed by atoms with Crippen molar-refractivity contribution < 1.29 is 27.1 Å². The Morgan fingerprint density at radius 3 is 2.68 bits per heavy atom. The Bertz CT molecular complexity index is 1140. The van der Waals surface area contributed by atoms with Gasteiger partial charge in [-0.3, -0.25) is 4.79 Å². The summed E-state index contributed by atoms with van der Waals surface area (Å²) in [4.78, 5) is 11.6. The van der Waals surface area contributed by atoms with E-state index in [1.165, 1.54) is 37.3 Å². The number of hydrogen-bond donors (Lipinski definition) is 1. The number of carbonyl (C=O) groups is 1. The first-order valence-electron chi connectivity index (χ1n) is 8.80. The second-order valence-electron chi connectivity index (χ2n) is 6.40. The van der Waals surface area contributed by atoms with Crippen molar-refractivity contribution in [1.29, 1.82) is 5.26 Å². The zero-order valence-electron chi connectivity index (χ0n) is 15.9. The Morgan fingerprint density at radius 2 is 2.03 bits per heavy atom. The molecule has 0 fully saturated rings. The number of amides is 1. The molecular formula is C20H14F4N4O2S. The molecule has 11 heteroatoms. The van der Waals surface area contributed by atoms with E-state index in [1.807, 2.05) is 0 Å². The molecule has 2 aromatic carbocycles. The average molecular weight is 450 g/mol. The molecule has 0 saturated heterocycles. The van der Waals surface area contributed by atoms with E-state index in [0.29, 0.717) is 21.1 Å². The van der Waals surface area contributed by atoms with Gasteiger partial charge < -0.3 is 10.1 Å². The van der Waals surface area contributed by atoms with Crippen molar-refractivity contribution in [1.82, 2.24) is 15.5 Å². The largest absolute Gasteiger partial charge is 0.573 e. The molecule has 0 aliphatic heterocycles. The van der Waals surface area contributed by atoms with Gasteiger partial charge in [-0.15, -0.1) is 23.4 Å². The number of rotatable bonds is 6. The molecule has 0 saturated carbocycles. The third-order valence-electron chi connectivity index (χ3n) is 4.02. The summed E-state index contributed by atoms with van der Waals surface area (Å²) in [7, 11) is 0. The minimum Gasteiger partial charge on any atom is -0.406 e. The van der Waals surface area contributed by atoms with E-state index in [-0.39, 0.29) is 17.9 Å². The van der Waals surface area contributed by atoms with Crippen LogP contribution in [-0.4, -0.2) is 22.5 Å². The van der Waals surface area contributed by atoms with Gasteiger partial charge in [0.15, 0.2) is 0 Å². The lowest BCUT2D eigenvalue weighted by molar-refractivity contribution is -0.274. The summed E-state index contributed by atoms with van der Waals surface area (Å²) in [6.45, 7) is 1.31. The van der Waals surface area contributed by atoms with Gasteiger partial charge in [0.2, 0.25) is 5.91 Å². The third-order valence-corrected chi connectivity index (χ3v) is 5.11. The maximum absolute atomic E-state index is 13.9. The Kier molecular flexibility index (Phi) is 6.50. The van der Waals surface area contributed by atoms with Crippen LogP contribution >= 0.6 is 11.3 Å². The summed E-state index contributed by atoms with van der Waals surface area (Å²) in [5.41, 5.74) is 0.781. The number of nitrogens with zero attached hydrogens (tertiary/aromatic N) is 3. The number of nitrogens with one attached hydrogen (secondary N) is 1. The maximum atomic E-state index is 13.9. The fraction of sp³-hybridized carbons (Fsp3) is 0.200. The molecule has 0 bridgehead atoms. The lowest BCUT2D eigenvalue weighted by Gasteiger charge is -2.15. The number of carbonyl (C=O) groups excluding carboxylic acids is 1. The van der Waals surface area contributed by atoms with Gasteiger partial charge in [0.1, 0.15) is 27.7 Å². The van der Waals surface area contributed by atoms with Gasteiger partial charge in [-0.1, -0.05) is 29.5 Å². The van der Waals surface area contributed by atoms with E-state index < -0.39 is 24.0 Å². The molecule has 0 spiro atoms. The van der Waals surface area contributed by atoms with E-state index in [0.717, 1.165) is 11.3 Å². The molecule has 1 amide bonds. The second kappa shape index (κ2) is 9.09. The fourth-order valence-corrected chi connectivity index (χ4v) is 3.67. The van der Waals surface area contributed by atoms with E-state index in [1.54, 1.807) is 18.2 Å². The number of hydrogen-bond acceptors (Lipinski definition) is 6. The predicted molar refractivity (Wildman–Crippen MR) is 103 cm³/mol. The van der Waals surface area contributed by atoms with Gasteiger partial charge in [-0.05, 0) is 36.2 Å². The highest BCUT2D eigenvalue weighted by molar-refractivity contribution is 7.14. The van der Waals surface area contributed by atoms with Crippen molar-refractivity contribution in [3.63, 3.8) is 0 Å². The molecule has 1 heterocycles. The average Bonchev–Trinajstić information content (AvgIpc) is 3.16. The Labute approximate surface area is 178 Å². The number of halogens is 4. The fourth-order valence-electron chi connectivity index (χ4n) is 2.78. The highest BCUT2D eigenvalue weighted by Crippen LogP contribution is 2.32. The molecule has 1 aromatic heterocycles. The predicted octanol–water partition coefficient (Wildman–Crippen LogP) is 4.53. The Balaban J connectivity index is 1.86. The second-order valence-corrected chi connectivity index (χ2v) is 7.41. The van der Waals surface area contributed by atoms with Gasteiger partial charge in [0.05, 0.1) is 11.6 Å². The summed E-state index contributed by atoms with van der Waals surface area (Å²) in [5, 5.41) is 20.3. The highest BCUT2D eigenvalue weighted by atomic mass is 32.1. The molecule has 0 radical (unpaired) electrons. The van der Waals surface area contributed by atoms with Gasteiger partial charge in [0.25, 0.3) is 0 Å². The Hall–Kier alpha value is -3.52. The zero-order chi connectivity index (χ0) is 22.6. The van der Waals surface area contributed by atoms with Crippen LogP contribution in [0.1, 0.15) is 29.1 Å². The van der Waals surface area contributed by atoms with E-state index in [9.17, 15) is 22.4 Å². The molecule has 1 N–H and O–H groups in total. The van der Waals surface area contributed by atoms with Crippen molar-refractivity contribution in [3.05, 3.63) is 64.4 Å². The molecule has 1 unspecified atom stereocenters. The van der Waals surface area contributed by atoms with Crippen molar-refractivity contribution in [2.24, 2.45) is 0 Å². The topological polar surface area (TPSA) is 87.9 Å². The normalized spacial score (nSPS) is 12.1. The van der Waals surface area contributed by atoms with Crippen molar-refractivity contribution in [2.75, 3.05) is 0 Å². The first kappa shape index (κ1) is 22.2. The molecule has 6 nitrogen and oxygen atoms in total. The van der Waals surface area contributed by atoms with E-state index in [2.05, 4.69) is 20.3 Å². The quantitative estimate of drug-likeness (QED) is 0.558. The van der Waals surface area contributed by atoms with Gasteiger partial charge in [0, 0.05) is 12.5 Å². The lowest BCUT2D eigenvalue weighted by Crippen LogP contribution is -2.27. The van der Waals surface area contributed by atoms with Crippen molar-refractivity contribution >= 4 is 17.2 Å². The number of benzene rings is 2. The van der Waals surface area contributed by atoms with Gasteiger partial charge >= 0.3 is 6.36 Å². The lowest BCUT2D eigenvalue weighted by atomic mass is 10.0. The van der Waals surface area contributed by atoms with Crippen LogP contribution in [0.4, 0.5) is 17.6 Å². The number of alkyl halides is 3. The van der Waals surface area contributed by atoms with E-state index >= 15 is 0 Å². The van der Waals surface area contributed by atoms with Crippen LogP contribution in [0, 0.1) is 17.1 Å². The summed E-state index contributed by atoms with van der Waals surface area (Å²) < 4.78 is 55.2. The molecule has 3 rings (SSSR count). The first-order chi connectivity index (χ1) is 14.6. The zero-order valence-corrected chi connectivity index (χ0v) is 16.7. The van der Waals surface area contributed by atoms with Crippen LogP contribution in [0.15, 0.2) is 42.5 Å². The van der Waals surface area contributed by atoms with Gasteiger partial charge in [-0.2, -0.15) is 5.26 Å². The van der Waals surface area contributed by atoms with Crippen LogP contribution in [0.3, 0.4) is 0 Å². The highest BCUT2D eigenvalue weighted by Gasteiger charge is 2.31. The van der Waals surface area contributed by atoms with Gasteiger partial charge in [-0.25, -0.2) is 4.39 Å². The Morgan fingerprint density at radius 1 is 1.26 bits per heavy atom. The molecule has 0 aliphatic carbocycles. The van der Waals surface area contributed by atoms with Crippen LogP contribution in [0.5, 0.6) is 5.75 Å². The number of ether oxygens (including phenoxy) is 1. The summed E-state index contributed by atoms with van der Waals surface area (Å²) in [6.07, 6.45) is -4.65. The standard InChI is InChI=1S/C20H14F4N4O2S/c1-11(29)26-17(8-12-5-6-14(10-25)16(21)7-12)19-28-27-18(31-19)13-3-2-4-15(9-13)30-20(22,23)24/h2-7,9,17H,8H2,1H3,(H,26,29). The molecule has 1 atom stereocenters. The minimum absolute atomic E-state index is 0.0982. The SMILES string of the molecule is CC(=O)NC(Cc1ccc(C#N)c(F)c1)c1nnc(-c2cccc(OC(F)(F)F)c2)s1. The smallest absolute Gasteiger partial charge is 0.406 e. The van der Waals surface area contributed by atoms with Crippen molar-refractivity contribution in [2.45, 2.75) is 25.7 Å². The molecular weight excluding hydrogens is 436 g/mol. The molecule has 31 heavy (non-hydrogen) atoms. The first-order valence-corrected chi connectivity index (χ1v) is 9.61. The maximum Gasteiger partial charge on any atom is 0.573 e. The summed E-state index contributed by atoms with van der Waals surface area (Å²) in [5.74, 6) is -1.43.